The fourth-order valence-corrected chi connectivity index (χ4v) is 3.53. The van der Waals surface area contributed by atoms with Gasteiger partial charge in [-0.3, -0.25) is 0 Å². The summed E-state index contributed by atoms with van der Waals surface area (Å²) in [4.78, 5) is 2.63. The van der Waals surface area contributed by atoms with Crippen molar-refractivity contribution in [3.63, 3.8) is 0 Å². The van der Waals surface area contributed by atoms with Crippen molar-refractivity contribution in [3.8, 4) is 0 Å². The normalized spacial score (nSPS) is 30.5. The van der Waals surface area contributed by atoms with E-state index in [0.29, 0.717) is 6.04 Å². The molecular formula is C15H31N3. The Kier molecular flexibility index (Phi) is 6.46. The molecule has 2 aliphatic rings. The number of nitrogens with zero attached hydrogens (tertiary/aromatic N) is 1. The Morgan fingerprint density at radius 1 is 1.00 bits per heavy atom. The molecule has 0 aromatic rings. The summed E-state index contributed by atoms with van der Waals surface area (Å²) in [5.74, 6) is 0.730. The van der Waals surface area contributed by atoms with E-state index in [4.69, 9.17) is 5.73 Å². The minimum Gasteiger partial charge on any atom is -0.330 e. The van der Waals surface area contributed by atoms with E-state index < -0.39 is 0 Å². The summed E-state index contributed by atoms with van der Waals surface area (Å²) >= 11 is 0. The van der Waals surface area contributed by atoms with Gasteiger partial charge in [0.15, 0.2) is 0 Å². The van der Waals surface area contributed by atoms with Crippen molar-refractivity contribution in [2.45, 2.75) is 57.4 Å². The van der Waals surface area contributed by atoms with Gasteiger partial charge in [-0.2, -0.15) is 0 Å². The maximum absolute atomic E-state index is 5.87. The third-order valence-electron chi connectivity index (χ3n) is 4.72. The lowest BCUT2D eigenvalue weighted by atomic mass is 9.84. The Hall–Kier alpha value is -0.120. The second-order valence-electron chi connectivity index (χ2n) is 6.10. The highest BCUT2D eigenvalue weighted by Gasteiger charge is 2.22. The first-order valence-electron chi connectivity index (χ1n) is 8.06. The first-order chi connectivity index (χ1) is 8.90. The van der Waals surface area contributed by atoms with Gasteiger partial charge < -0.3 is 16.0 Å². The van der Waals surface area contributed by atoms with Gasteiger partial charge >= 0.3 is 0 Å². The summed E-state index contributed by atoms with van der Waals surface area (Å²) in [6.45, 7) is 5.98. The molecule has 0 radical (unpaired) electrons. The molecule has 0 aromatic carbocycles. The highest BCUT2D eigenvalue weighted by atomic mass is 15.1. The van der Waals surface area contributed by atoms with Crippen LogP contribution in [0.1, 0.15) is 51.4 Å². The average molecular weight is 253 g/mol. The largest absolute Gasteiger partial charge is 0.330 e. The topological polar surface area (TPSA) is 41.3 Å². The molecule has 18 heavy (non-hydrogen) atoms. The van der Waals surface area contributed by atoms with Crippen LogP contribution in [0.3, 0.4) is 0 Å². The van der Waals surface area contributed by atoms with Crippen LogP contribution in [0.5, 0.6) is 0 Å². The van der Waals surface area contributed by atoms with Crippen LogP contribution in [0.25, 0.3) is 0 Å². The number of nitrogens with two attached hydrogens (primary N) is 1. The van der Waals surface area contributed by atoms with E-state index in [1.54, 1.807) is 0 Å². The summed E-state index contributed by atoms with van der Waals surface area (Å²) in [5.41, 5.74) is 5.87. The Morgan fingerprint density at radius 2 is 1.78 bits per heavy atom. The number of piperidine rings is 1. The fourth-order valence-electron chi connectivity index (χ4n) is 3.53. The molecule has 3 nitrogen and oxygen atoms in total. The molecule has 2 fully saturated rings. The molecule has 1 saturated carbocycles. The molecular weight excluding hydrogens is 222 g/mol. The summed E-state index contributed by atoms with van der Waals surface area (Å²) in [6, 6.07) is 0.699. The minimum atomic E-state index is 0.699. The summed E-state index contributed by atoms with van der Waals surface area (Å²) in [5, 5.41) is 3.76. The molecule has 2 rings (SSSR count). The molecule has 3 N–H and O–H groups in total. The smallest absolute Gasteiger partial charge is 0.0107 e. The number of likely N-dealkylation sites (tertiary alicyclic amines) is 1. The third kappa shape index (κ3) is 4.52. The lowest BCUT2D eigenvalue weighted by molar-refractivity contribution is 0.218. The summed E-state index contributed by atoms with van der Waals surface area (Å²) < 4.78 is 0. The molecule has 0 bridgehead atoms. The quantitative estimate of drug-likeness (QED) is 0.711. The van der Waals surface area contributed by atoms with Gasteiger partial charge in [-0.05, 0) is 70.7 Å². The first-order valence-corrected chi connectivity index (χ1v) is 8.06. The predicted molar refractivity (Wildman–Crippen MR) is 77.7 cm³/mol. The van der Waals surface area contributed by atoms with Crippen LogP contribution in [0.4, 0.5) is 0 Å². The number of hydrogen-bond donors (Lipinski definition) is 2. The maximum Gasteiger partial charge on any atom is 0.0107 e. The Balaban J connectivity index is 1.56. The van der Waals surface area contributed by atoms with Crippen molar-refractivity contribution in [1.82, 2.24) is 10.2 Å². The van der Waals surface area contributed by atoms with Gasteiger partial charge in [0.1, 0.15) is 0 Å². The molecule has 1 aliphatic carbocycles. The fraction of sp³-hybridized carbons (Fsp3) is 1.00. The lowest BCUT2D eigenvalue weighted by Crippen LogP contribution is -2.43. The standard InChI is InChI=1S/C15H31N3/c16-13-14-7-2-3-8-15(14)17-9-6-12-18-10-4-1-5-11-18/h14-15,17H,1-13,16H2. The van der Waals surface area contributed by atoms with E-state index in [1.165, 1.54) is 77.5 Å². The van der Waals surface area contributed by atoms with Gasteiger partial charge in [-0.1, -0.05) is 19.3 Å². The van der Waals surface area contributed by atoms with Gasteiger partial charge in [-0.25, -0.2) is 0 Å². The molecule has 1 saturated heterocycles. The second-order valence-corrected chi connectivity index (χ2v) is 6.10. The van der Waals surface area contributed by atoms with Crippen molar-refractivity contribution < 1.29 is 0 Å². The molecule has 0 aromatic heterocycles. The van der Waals surface area contributed by atoms with E-state index >= 15 is 0 Å². The zero-order chi connectivity index (χ0) is 12.6. The summed E-state index contributed by atoms with van der Waals surface area (Å²) in [7, 11) is 0. The van der Waals surface area contributed by atoms with Crippen LogP contribution in [0.15, 0.2) is 0 Å². The van der Waals surface area contributed by atoms with Gasteiger partial charge in [0.05, 0.1) is 0 Å². The van der Waals surface area contributed by atoms with Crippen molar-refractivity contribution in [3.05, 3.63) is 0 Å². The maximum atomic E-state index is 5.87. The van der Waals surface area contributed by atoms with Gasteiger partial charge in [0, 0.05) is 6.04 Å². The van der Waals surface area contributed by atoms with Crippen molar-refractivity contribution in [2.24, 2.45) is 11.7 Å². The molecule has 1 aliphatic heterocycles. The molecule has 3 heteroatoms. The minimum absolute atomic E-state index is 0.699. The van der Waals surface area contributed by atoms with Crippen LogP contribution in [0.2, 0.25) is 0 Å². The Labute approximate surface area is 112 Å². The van der Waals surface area contributed by atoms with Crippen molar-refractivity contribution >= 4 is 0 Å². The zero-order valence-corrected chi connectivity index (χ0v) is 11.9. The Bertz CT molecular complexity index is 214. The van der Waals surface area contributed by atoms with E-state index in [-0.39, 0.29) is 0 Å². The first kappa shape index (κ1) is 14.3. The molecule has 106 valence electrons. The second kappa shape index (κ2) is 8.13. The van der Waals surface area contributed by atoms with Gasteiger partial charge in [0.25, 0.3) is 0 Å². The van der Waals surface area contributed by atoms with E-state index in [9.17, 15) is 0 Å². The van der Waals surface area contributed by atoms with Gasteiger partial charge in [-0.15, -0.1) is 0 Å². The average Bonchev–Trinajstić information content (AvgIpc) is 2.45. The van der Waals surface area contributed by atoms with Crippen molar-refractivity contribution in [1.29, 1.82) is 0 Å². The monoisotopic (exact) mass is 253 g/mol. The summed E-state index contributed by atoms with van der Waals surface area (Å²) in [6.07, 6.45) is 11.0. The molecule has 1 heterocycles. The van der Waals surface area contributed by atoms with E-state index in [0.717, 1.165) is 12.5 Å². The molecule has 0 amide bonds. The Morgan fingerprint density at radius 3 is 2.56 bits per heavy atom. The SMILES string of the molecule is NCC1CCCCC1NCCCN1CCCCC1. The molecule has 2 unspecified atom stereocenters. The highest BCUT2D eigenvalue weighted by Crippen LogP contribution is 2.23. The number of rotatable bonds is 6. The van der Waals surface area contributed by atoms with Crippen LogP contribution in [-0.4, -0.2) is 43.7 Å². The van der Waals surface area contributed by atoms with Crippen LogP contribution >= 0.6 is 0 Å². The van der Waals surface area contributed by atoms with E-state index in [2.05, 4.69) is 10.2 Å². The predicted octanol–water partition coefficient (Wildman–Crippen LogP) is 1.97. The number of nitrogens with one attached hydrogen (secondary N) is 1. The molecule has 0 spiro atoms. The van der Waals surface area contributed by atoms with E-state index in [1.807, 2.05) is 0 Å². The third-order valence-corrected chi connectivity index (χ3v) is 4.72. The zero-order valence-electron chi connectivity index (χ0n) is 11.9. The lowest BCUT2D eigenvalue weighted by Gasteiger charge is -2.32. The number of hydrogen-bond acceptors (Lipinski definition) is 3. The highest BCUT2D eigenvalue weighted by molar-refractivity contribution is 4.81. The van der Waals surface area contributed by atoms with Gasteiger partial charge in [0.2, 0.25) is 0 Å². The van der Waals surface area contributed by atoms with Crippen molar-refractivity contribution in [2.75, 3.05) is 32.7 Å². The van der Waals surface area contributed by atoms with Crippen LogP contribution in [-0.2, 0) is 0 Å². The van der Waals surface area contributed by atoms with Crippen LogP contribution < -0.4 is 11.1 Å². The van der Waals surface area contributed by atoms with Crippen LogP contribution in [0, 0.1) is 5.92 Å². The molecule has 2 atom stereocenters.